The van der Waals surface area contributed by atoms with Crippen molar-refractivity contribution in [2.45, 2.75) is 44.7 Å². The standard InChI is InChI=1S/C17H24N2O/c1-3-17(20)19(14-7-5-4-6-8-14)16-11-15-10-9-13(16)12-18(15)2/h4-8,13,15-16H,3,9-12H2,1-2H3/t13-,15+,16-/m0/s1. The van der Waals surface area contributed by atoms with E-state index in [1.54, 1.807) is 0 Å². The Morgan fingerprint density at radius 3 is 2.60 bits per heavy atom. The Balaban J connectivity index is 1.89. The first-order valence-electron chi connectivity index (χ1n) is 7.78. The normalized spacial score (nSPS) is 29.4. The largest absolute Gasteiger partial charge is 0.309 e. The molecule has 2 bridgehead atoms. The summed E-state index contributed by atoms with van der Waals surface area (Å²) in [6, 6.07) is 11.2. The van der Waals surface area contributed by atoms with Gasteiger partial charge in [0.1, 0.15) is 0 Å². The highest BCUT2D eigenvalue weighted by molar-refractivity contribution is 5.93. The highest BCUT2D eigenvalue weighted by Gasteiger charge is 2.42. The summed E-state index contributed by atoms with van der Waals surface area (Å²) in [6.45, 7) is 3.10. The van der Waals surface area contributed by atoms with Gasteiger partial charge in [-0.2, -0.15) is 0 Å². The molecule has 1 amide bonds. The maximum absolute atomic E-state index is 12.5. The Kier molecular flexibility index (Phi) is 3.79. The molecule has 0 aromatic heterocycles. The summed E-state index contributed by atoms with van der Waals surface area (Å²) in [7, 11) is 2.22. The monoisotopic (exact) mass is 272 g/mol. The fraction of sp³-hybridized carbons (Fsp3) is 0.588. The predicted molar refractivity (Wildman–Crippen MR) is 81.8 cm³/mol. The first-order valence-corrected chi connectivity index (χ1v) is 7.78. The lowest BCUT2D eigenvalue weighted by Gasteiger charge is -2.51. The van der Waals surface area contributed by atoms with Crippen LogP contribution in [0.15, 0.2) is 30.3 Å². The van der Waals surface area contributed by atoms with Crippen LogP contribution in [0.2, 0.25) is 0 Å². The number of rotatable bonds is 3. The van der Waals surface area contributed by atoms with E-state index in [0.717, 1.165) is 18.7 Å². The van der Waals surface area contributed by atoms with E-state index < -0.39 is 0 Å². The Bertz CT molecular complexity index is 473. The zero-order valence-corrected chi connectivity index (χ0v) is 12.5. The Morgan fingerprint density at radius 2 is 2.05 bits per heavy atom. The van der Waals surface area contributed by atoms with Crippen LogP contribution >= 0.6 is 0 Å². The van der Waals surface area contributed by atoms with E-state index in [0.29, 0.717) is 24.4 Å². The van der Waals surface area contributed by atoms with E-state index in [1.807, 2.05) is 25.1 Å². The third kappa shape index (κ3) is 2.35. The Labute approximate surface area is 121 Å². The SMILES string of the molecule is CCC(=O)N(c1ccccc1)[C@H]1C[C@H]2CC[C@H]1CN2C. The second kappa shape index (κ2) is 5.57. The van der Waals surface area contributed by atoms with Crippen LogP contribution in [0.5, 0.6) is 0 Å². The summed E-state index contributed by atoms with van der Waals surface area (Å²) in [4.78, 5) is 17.0. The van der Waals surface area contributed by atoms with Crippen LogP contribution in [0.3, 0.4) is 0 Å². The van der Waals surface area contributed by atoms with Gasteiger partial charge < -0.3 is 9.80 Å². The summed E-state index contributed by atoms with van der Waals surface area (Å²) in [5.41, 5.74) is 1.07. The van der Waals surface area contributed by atoms with Crippen LogP contribution in [-0.4, -0.2) is 36.5 Å². The molecule has 2 saturated heterocycles. The van der Waals surface area contributed by atoms with Gasteiger partial charge in [0.05, 0.1) is 0 Å². The fourth-order valence-corrected chi connectivity index (χ4v) is 3.92. The van der Waals surface area contributed by atoms with Gasteiger partial charge in [-0.25, -0.2) is 0 Å². The van der Waals surface area contributed by atoms with Gasteiger partial charge in [0.25, 0.3) is 0 Å². The molecule has 1 saturated carbocycles. The van der Waals surface area contributed by atoms with Gasteiger partial charge in [-0.15, -0.1) is 0 Å². The lowest BCUT2D eigenvalue weighted by molar-refractivity contribution is -0.119. The molecule has 3 heteroatoms. The third-order valence-electron chi connectivity index (χ3n) is 5.01. The van der Waals surface area contributed by atoms with Gasteiger partial charge in [0, 0.05) is 30.7 Å². The minimum atomic E-state index is 0.261. The first kappa shape index (κ1) is 13.6. The van der Waals surface area contributed by atoms with Gasteiger partial charge in [-0.3, -0.25) is 4.79 Å². The van der Waals surface area contributed by atoms with E-state index in [2.05, 4.69) is 29.0 Å². The van der Waals surface area contributed by atoms with Gasteiger partial charge in [0.2, 0.25) is 5.91 Å². The van der Waals surface area contributed by atoms with Gasteiger partial charge in [-0.1, -0.05) is 25.1 Å². The first-order chi connectivity index (χ1) is 9.70. The average molecular weight is 272 g/mol. The zero-order chi connectivity index (χ0) is 14.1. The van der Waals surface area contributed by atoms with E-state index in [4.69, 9.17) is 0 Å². The molecule has 3 nitrogen and oxygen atoms in total. The van der Waals surface area contributed by atoms with Crippen LogP contribution in [0, 0.1) is 5.92 Å². The minimum Gasteiger partial charge on any atom is -0.309 e. The number of piperidine rings is 2. The number of amides is 1. The van der Waals surface area contributed by atoms with Crippen molar-refractivity contribution >= 4 is 11.6 Å². The number of carbonyl (C=O) groups is 1. The summed E-state index contributed by atoms with van der Waals surface area (Å²) in [5.74, 6) is 0.886. The molecule has 3 fully saturated rings. The number of hydrogen-bond acceptors (Lipinski definition) is 2. The molecular weight excluding hydrogens is 248 g/mol. The molecule has 2 heterocycles. The highest BCUT2D eigenvalue weighted by atomic mass is 16.2. The van der Waals surface area contributed by atoms with Crippen molar-refractivity contribution < 1.29 is 4.79 Å². The number of carbonyl (C=O) groups excluding carboxylic acids is 1. The second-order valence-electron chi connectivity index (χ2n) is 6.19. The molecule has 1 aliphatic carbocycles. The van der Waals surface area contributed by atoms with Crippen molar-refractivity contribution in [2.24, 2.45) is 5.92 Å². The van der Waals surface area contributed by atoms with Gasteiger partial charge >= 0.3 is 0 Å². The molecule has 4 rings (SSSR count). The fourth-order valence-electron chi connectivity index (χ4n) is 3.92. The highest BCUT2D eigenvalue weighted by Crippen LogP contribution is 2.38. The molecule has 1 aromatic carbocycles. The van der Waals surface area contributed by atoms with Crippen LogP contribution in [0.25, 0.3) is 0 Å². The van der Waals surface area contributed by atoms with E-state index in [9.17, 15) is 4.79 Å². The zero-order valence-electron chi connectivity index (χ0n) is 12.5. The summed E-state index contributed by atoms with van der Waals surface area (Å²) in [6.07, 6.45) is 4.26. The molecule has 3 atom stereocenters. The molecule has 0 radical (unpaired) electrons. The molecule has 108 valence electrons. The Hall–Kier alpha value is -1.35. The molecule has 2 aliphatic heterocycles. The lowest BCUT2D eigenvalue weighted by Crippen LogP contribution is -2.59. The molecule has 0 unspecified atom stereocenters. The molecule has 0 spiro atoms. The molecule has 0 N–H and O–H groups in total. The topological polar surface area (TPSA) is 23.6 Å². The van der Waals surface area contributed by atoms with Crippen LogP contribution in [0.1, 0.15) is 32.6 Å². The van der Waals surface area contributed by atoms with Crippen LogP contribution < -0.4 is 4.90 Å². The van der Waals surface area contributed by atoms with Crippen molar-refractivity contribution in [2.75, 3.05) is 18.5 Å². The summed E-state index contributed by atoms with van der Waals surface area (Å²) >= 11 is 0. The number of anilines is 1. The van der Waals surface area contributed by atoms with Gasteiger partial charge in [-0.05, 0) is 44.4 Å². The van der Waals surface area contributed by atoms with Crippen molar-refractivity contribution in [1.29, 1.82) is 0 Å². The smallest absolute Gasteiger partial charge is 0.226 e. The van der Waals surface area contributed by atoms with E-state index >= 15 is 0 Å². The third-order valence-corrected chi connectivity index (χ3v) is 5.01. The van der Waals surface area contributed by atoms with Crippen molar-refractivity contribution in [3.8, 4) is 0 Å². The molecule has 1 aromatic rings. The van der Waals surface area contributed by atoms with Crippen molar-refractivity contribution in [1.82, 2.24) is 4.90 Å². The Morgan fingerprint density at radius 1 is 1.30 bits per heavy atom. The van der Waals surface area contributed by atoms with Gasteiger partial charge in [0.15, 0.2) is 0 Å². The molecule has 20 heavy (non-hydrogen) atoms. The van der Waals surface area contributed by atoms with E-state index in [-0.39, 0.29) is 5.91 Å². The summed E-state index contributed by atoms with van der Waals surface area (Å²) < 4.78 is 0. The minimum absolute atomic E-state index is 0.261. The maximum atomic E-state index is 12.5. The number of nitrogens with zero attached hydrogens (tertiary/aromatic N) is 2. The molecule has 3 aliphatic rings. The summed E-state index contributed by atoms with van der Waals surface area (Å²) in [5, 5.41) is 0. The van der Waals surface area contributed by atoms with Crippen LogP contribution in [-0.2, 0) is 4.79 Å². The number of hydrogen-bond donors (Lipinski definition) is 0. The van der Waals surface area contributed by atoms with Crippen molar-refractivity contribution in [3.63, 3.8) is 0 Å². The second-order valence-corrected chi connectivity index (χ2v) is 6.19. The maximum Gasteiger partial charge on any atom is 0.226 e. The lowest BCUT2D eigenvalue weighted by atomic mass is 9.75. The van der Waals surface area contributed by atoms with Crippen LogP contribution in [0.4, 0.5) is 5.69 Å². The predicted octanol–water partition coefficient (Wildman–Crippen LogP) is 2.91. The quantitative estimate of drug-likeness (QED) is 0.844. The molecular formula is C17H24N2O. The average Bonchev–Trinajstić information content (AvgIpc) is 2.49. The number of para-hydroxylation sites is 1. The number of benzene rings is 1. The number of fused-ring (bicyclic) bond motifs is 3. The van der Waals surface area contributed by atoms with Crippen molar-refractivity contribution in [3.05, 3.63) is 30.3 Å². The van der Waals surface area contributed by atoms with E-state index in [1.165, 1.54) is 12.8 Å².